The summed E-state index contributed by atoms with van der Waals surface area (Å²) in [5.41, 5.74) is 32.4. The van der Waals surface area contributed by atoms with E-state index in [1.807, 2.05) is 26.0 Å². The van der Waals surface area contributed by atoms with E-state index in [0.717, 1.165) is 46.2 Å². The van der Waals surface area contributed by atoms with Gasteiger partial charge in [0.15, 0.2) is 0 Å². The third-order valence-electron chi connectivity index (χ3n) is 21.8. The number of fused-ring (bicyclic) bond motifs is 12. The van der Waals surface area contributed by atoms with Gasteiger partial charge in [0, 0.05) is 21.7 Å². The topological polar surface area (TPSA) is 52.6 Å². The van der Waals surface area contributed by atoms with Crippen LogP contribution in [0.2, 0.25) is 0 Å². The van der Waals surface area contributed by atoms with Gasteiger partial charge in [0.1, 0.15) is 0 Å². The molecule has 442 valence electrons. The Kier molecular flexibility index (Phi) is 12.1. The van der Waals surface area contributed by atoms with E-state index in [1.54, 1.807) is 0 Å². The van der Waals surface area contributed by atoms with Crippen molar-refractivity contribution in [2.75, 3.05) is 13.2 Å². The molecule has 90 heavy (non-hydrogen) atoms. The maximum Gasteiger partial charge on any atom is 0.338 e. The normalized spacial score (nSPS) is 15.3. The molecule has 0 aliphatic heterocycles. The van der Waals surface area contributed by atoms with Gasteiger partial charge >= 0.3 is 11.9 Å². The van der Waals surface area contributed by atoms with Crippen LogP contribution in [0.4, 0.5) is 0 Å². The average Bonchev–Trinajstić information content (AvgIpc) is 0.781. The first-order valence-corrected chi connectivity index (χ1v) is 32.6. The van der Waals surface area contributed by atoms with E-state index in [0.29, 0.717) is 24.3 Å². The number of esters is 2. The van der Waals surface area contributed by atoms with E-state index in [-0.39, 0.29) is 22.8 Å². The molecule has 4 heteroatoms. The van der Waals surface area contributed by atoms with Crippen molar-refractivity contribution in [2.45, 2.75) is 118 Å². The predicted octanol–water partition coefficient (Wildman–Crippen LogP) is 22.0. The number of carbonyl (C=O) groups is 2. The smallest absolute Gasteiger partial charge is 0.338 e. The molecule has 0 bridgehead atoms. The van der Waals surface area contributed by atoms with Crippen LogP contribution >= 0.6 is 0 Å². The molecular weight excluding hydrogens is 1100 g/mol. The molecule has 0 radical (unpaired) electrons. The number of benzene rings is 12. The first kappa shape index (κ1) is 55.9. The molecule has 0 N–H and O–H groups in total. The summed E-state index contributed by atoms with van der Waals surface area (Å²) in [7, 11) is 0. The minimum absolute atomic E-state index is 0.199. The van der Waals surface area contributed by atoms with E-state index < -0.39 is 10.8 Å². The van der Waals surface area contributed by atoms with Crippen LogP contribution in [0.1, 0.15) is 159 Å². The van der Waals surface area contributed by atoms with E-state index >= 15 is 0 Å². The highest BCUT2D eigenvalue weighted by Crippen LogP contribution is 2.57. The highest BCUT2D eigenvalue weighted by Gasteiger charge is 2.41. The first-order valence-electron chi connectivity index (χ1n) is 32.6. The first-order chi connectivity index (χ1) is 43.3. The number of hydrogen-bond acceptors (Lipinski definition) is 4. The van der Waals surface area contributed by atoms with Gasteiger partial charge in [-0.05, 0) is 264 Å². The molecule has 0 spiro atoms. The molecule has 0 fully saturated rings. The fourth-order valence-corrected chi connectivity index (χ4v) is 16.8. The lowest BCUT2D eigenvalue weighted by Crippen LogP contribution is -2.16. The largest absolute Gasteiger partial charge is 0.462 e. The van der Waals surface area contributed by atoms with Crippen molar-refractivity contribution in [2.24, 2.45) is 0 Å². The number of rotatable bonds is 10. The van der Waals surface area contributed by atoms with Crippen LogP contribution in [0.5, 0.6) is 0 Å². The minimum atomic E-state index is -0.392. The Morgan fingerprint density at radius 3 is 0.789 bits per heavy atom. The van der Waals surface area contributed by atoms with Gasteiger partial charge < -0.3 is 9.47 Å². The Morgan fingerprint density at radius 2 is 0.522 bits per heavy atom. The van der Waals surface area contributed by atoms with Crippen LogP contribution in [0.15, 0.2) is 182 Å². The summed E-state index contributed by atoms with van der Waals surface area (Å²) in [6, 6.07) is 69.7. The van der Waals surface area contributed by atoms with Gasteiger partial charge in [-0.15, -0.1) is 0 Å². The van der Waals surface area contributed by atoms with Gasteiger partial charge in [0.2, 0.25) is 0 Å². The molecule has 4 nitrogen and oxygen atoms in total. The van der Waals surface area contributed by atoms with Crippen LogP contribution in [0, 0.1) is 0 Å². The SMILES string of the molecule is CCOC(=O)c1ccc2c(c1)C(C)(C)c1cc(-c3cc(-c4ccc5c(c4)C(C)(C)c4cc(CC)ccc4-5)c4ccc5c(-c6ccc7c(c6)C(C)(C)c6cc(CC)ccc6-7)cc(-c6ccc7c(c6)C(C)(C)c6cc(C(=O)OCC)ccc6-7)c6ccc3c4c56)ccc1-2. The monoisotopic (exact) mass is 1170 g/mol. The maximum atomic E-state index is 13.2. The summed E-state index contributed by atoms with van der Waals surface area (Å²) in [5.74, 6) is -0.588. The molecule has 0 amide bonds. The van der Waals surface area contributed by atoms with Crippen molar-refractivity contribution in [3.05, 3.63) is 249 Å². The van der Waals surface area contributed by atoms with Crippen molar-refractivity contribution in [3.63, 3.8) is 0 Å². The zero-order valence-electron chi connectivity index (χ0n) is 53.8. The fraction of sp³-hybridized carbons (Fsp3) is 0.233. The van der Waals surface area contributed by atoms with E-state index in [4.69, 9.17) is 9.47 Å². The van der Waals surface area contributed by atoms with Gasteiger partial charge in [0.25, 0.3) is 0 Å². The van der Waals surface area contributed by atoms with Gasteiger partial charge in [0.05, 0.1) is 24.3 Å². The summed E-state index contributed by atoms with van der Waals surface area (Å²) >= 11 is 0. The summed E-state index contributed by atoms with van der Waals surface area (Å²) in [5, 5.41) is 7.34. The van der Waals surface area contributed by atoms with E-state index in [9.17, 15) is 9.59 Å². The van der Waals surface area contributed by atoms with Crippen molar-refractivity contribution >= 4 is 44.3 Å². The van der Waals surface area contributed by atoms with Crippen molar-refractivity contribution in [1.29, 1.82) is 0 Å². The van der Waals surface area contributed by atoms with Gasteiger partial charge in [-0.25, -0.2) is 9.59 Å². The quantitative estimate of drug-likeness (QED) is 0.101. The third kappa shape index (κ3) is 7.79. The van der Waals surface area contributed by atoms with Gasteiger partial charge in [-0.2, -0.15) is 0 Å². The molecule has 0 saturated carbocycles. The Hall–Kier alpha value is -9.38. The second-order valence-electron chi connectivity index (χ2n) is 28.0. The number of aryl methyl sites for hydroxylation is 2. The minimum Gasteiger partial charge on any atom is -0.462 e. The third-order valence-corrected chi connectivity index (χ3v) is 21.8. The Balaban J connectivity index is 0.965. The van der Waals surface area contributed by atoms with E-state index in [2.05, 4.69) is 239 Å². The molecule has 4 aliphatic carbocycles. The summed E-state index contributed by atoms with van der Waals surface area (Å²) in [6.45, 7) is 27.7. The van der Waals surface area contributed by atoms with Crippen LogP contribution in [-0.4, -0.2) is 25.2 Å². The summed E-state index contributed by atoms with van der Waals surface area (Å²) in [4.78, 5) is 26.5. The highest BCUT2D eigenvalue weighted by molar-refractivity contribution is 6.32. The number of hydrogen-bond donors (Lipinski definition) is 0. The van der Waals surface area contributed by atoms with Crippen molar-refractivity contribution in [1.82, 2.24) is 0 Å². The highest BCUT2D eigenvalue weighted by atomic mass is 16.5. The lowest BCUT2D eigenvalue weighted by molar-refractivity contribution is 0.0516. The molecule has 12 aromatic rings. The van der Waals surface area contributed by atoms with Crippen LogP contribution in [0.3, 0.4) is 0 Å². The van der Waals surface area contributed by atoms with E-state index in [1.165, 1.54) is 144 Å². The van der Waals surface area contributed by atoms with Gasteiger partial charge in [-0.3, -0.25) is 0 Å². The maximum absolute atomic E-state index is 13.2. The zero-order valence-corrected chi connectivity index (χ0v) is 53.8. The summed E-state index contributed by atoms with van der Waals surface area (Å²) < 4.78 is 11.0. The fourth-order valence-electron chi connectivity index (χ4n) is 16.8. The molecule has 0 saturated heterocycles. The molecule has 0 aromatic heterocycles. The predicted molar refractivity (Wildman–Crippen MR) is 373 cm³/mol. The Labute approximate surface area is 528 Å². The van der Waals surface area contributed by atoms with Crippen molar-refractivity contribution < 1.29 is 19.1 Å². The van der Waals surface area contributed by atoms with Crippen LogP contribution < -0.4 is 0 Å². The molecule has 0 atom stereocenters. The Morgan fingerprint density at radius 1 is 0.278 bits per heavy atom. The lowest BCUT2D eigenvalue weighted by atomic mass is 9.78. The molecule has 12 aromatic carbocycles. The van der Waals surface area contributed by atoms with Crippen LogP contribution in [-0.2, 0) is 44.0 Å². The second-order valence-corrected chi connectivity index (χ2v) is 28.0. The van der Waals surface area contributed by atoms with Crippen LogP contribution in [0.25, 0.3) is 121 Å². The van der Waals surface area contributed by atoms with Gasteiger partial charge in [-0.1, -0.05) is 191 Å². The zero-order chi connectivity index (χ0) is 62.2. The average molecular weight is 1170 g/mol. The summed E-state index contributed by atoms with van der Waals surface area (Å²) in [6.07, 6.45) is 1.99. The standard InChI is InChI=1S/C86H74O4/c1-13-47-17-25-55-57-27-19-49(39-73(57)83(5,6)71(55)37-47)67-45-69(51-21-29-59-61-31-23-53(81(87)89-15-3)43-77(61)85(9,10)75(59)41-51)65-35-36-66-70(52-22-30-60-62-32-24-54(82(88)90-16-4)44-78(62)86(11,12)76(60)42-52)46-68(64-34-33-63(67)79(65)80(64)66)50-20-28-58-56-26-18-48(14-2)38-72(56)84(7,8)74(58)40-50/h17-46H,13-16H2,1-12H3. The molecule has 0 heterocycles. The molecular formula is C86H74O4. The Bertz CT molecular complexity index is 4830. The number of ether oxygens (including phenoxy) is 2. The van der Waals surface area contributed by atoms with Crippen molar-refractivity contribution in [3.8, 4) is 89.0 Å². The molecule has 0 unspecified atom stereocenters. The number of carbonyl (C=O) groups excluding carboxylic acids is 2. The molecule has 4 aliphatic rings. The molecule has 16 rings (SSSR count). The second kappa shape index (κ2) is 19.6. The lowest BCUT2D eigenvalue weighted by Gasteiger charge is -2.25.